The van der Waals surface area contributed by atoms with Crippen LogP contribution in [0.15, 0.2) is 0 Å². The molecule has 0 spiro atoms. The molecule has 0 bridgehead atoms. The molecule has 11 heavy (non-hydrogen) atoms. The van der Waals surface area contributed by atoms with E-state index in [0.29, 0.717) is 12.1 Å². The Bertz CT molecular complexity index is 113. The molecular formula is C7H15BNO2. The molecule has 1 N–H and O–H groups in total. The predicted octanol–water partition coefficient (Wildman–Crippen LogP) is 0.324. The van der Waals surface area contributed by atoms with Gasteiger partial charge in [0.2, 0.25) is 0 Å². The van der Waals surface area contributed by atoms with Crippen molar-refractivity contribution in [1.82, 2.24) is 5.23 Å². The Hall–Kier alpha value is -0.0551. The van der Waals surface area contributed by atoms with Crippen LogP contribution in [0, 0.1) is 0 Å². The van der Waals surface area contributed by atoms with Gasteiger partial charge in [0, 0.05) is 20.3 Å². The molecule has 3 nitrogen and oxygen atoms in total. The summed E-state index contributed by atoms with van der Waals surface area (Å²) in [5.41, 5.74) is 0. The number of rotatable bonds is 4. The van der Waals surface area contributed by atoms with Crippen molar-refractivity contribution in [2.24, 2.45) is 0 Å². The second-order valence-corrected chi connectivity index (χ2v) is 2.89. The van der Waals surface area contributed by atoms with E-state index in [4.69, 9.17) is 9.39 Å². The summed E-state index contributed by atoms with van der Waals surface area (Å²) >= 11 is 0. The first-order valence-corrected chi connectivity index (χ1v) is 4.00. The van der Waals surface area contributed by atoms with Crippen LogP contribution in [0.2, 0.25) is 0 Å². The SMILES string of the molecule is CO[B]NC1CCC(OC)C1. The molecular weight excluding hydrogens is 141 g/mol. The zero-order valence-electron chi connectivity index (χ0n) is 7.17. The molecule has 4 heteroatoms. The smallest absolute Gasteiger partial charge is 0.395 e. The van der Waals surface area contributed by atoms with Crippen LogP contribution in [-0.4, -0.2) is 34.0 Å². The largest absolute Gasteiger partial charge is 0.427 e. The molecule has 0 aromatic carbocycles. The van der Waals surface area contributed by atoms with E-state index in [2.05, 4.69) is 5.23 Å². The molecule has 0 heterocycles. The van der Waals surface area contributed by atoms with E-state index < -0.39 is 0 Å². The Morgan fingerprint density at radius 3 is 2.73 bits per heavy atom. The Balaban J connectivity index is 2.09. The second-order valence-electron chi connectivity index (χ2n) is 2.89. The maximum Gasteiger partial charge on any atom is 0.395 e. The van der Waals surface area contributed by atoms with Crippen molar-refractivity contribution in [3.63, 3.8) is 0 Å². The van der Waals surface area contributed by atoms with E-state index >= 15 is 0 Å². The number of hydrogen-bond acceptors (Lipinski definition) is 3. The highest BCUT2D eigenvalue weighted by Crippen LogP contribution is 2.20. The molecule has 1 radical (unpaired) electrons. The fraction of sp³-hybridized carbons (Fsp3) is 1.00. The fourth-order valence-electron chi connectivity index (χ4n) is 1.47. The van der Waals surface area contributed by atoms with E-state index in [9.17, 15) is 0 Å². The molecule has 2 unspecified atom stereocenters. The monoisotopic (exact) mass is 156 g/mol. The van der Waals surface area contributed by atoms with Crippen LogP contribution in [0.3, 0.4) is 0 Å². The van der Waals surface area contributed by atoms with E-state index in [1.165, 1.54) is 6.42 Å². The van der Waals surface area contributed by atoms with E-state index in [1.54, 1.807) is 21.8 Å². The Kier molecular flexibility index (Phi) is 3.90. The van der Waals surface area contributed by atoms with Gasteiger partial charge >= 0.3 is 7.62 Å². The zero-order chi connectivity index (χ0) is 8.10. The first-order valence-electron chi connectivity index (χ1n) is 4.00. The highest BCUT2D eigenvalue weighted by atomic mass is 16.5. The average Bonchev–Trinajstić information content (AvgIpc) is 2.48. The lowest BCUT2D eigenvalue weighted by molar-refractivity contribution is 0.107. The number of nitrogens with one attached hydrogen (secondary N) is 1. The van der Waals surface area contributed by atoms with Crippen molar-refractivity contribution in [3.05, 3.63) is 0 Å². The van der Waals surface area contributed by atoms with Gasteiger partial charge in [-0.1, -0.05) is 0 Å². The lowest BCUT2D eigenvalue weighted by atomic mass is 10.1. The van der Waals surface area contributed by atoms with E-state index in [0.717, 1.165) is 12.8 Å². The van der Waals surface area contributed by atoms with Crippen LogP contribution < -0.4 is 5.23 Å². The summed E-state index contributed by atoms with van der Waals surface area (Å²) in [4.78, 5) is 0. The summed E-state index contributed by atoms with van der Waals surface area (Å²) in [5, 5.41) is 3.17. The van der Waals surface area contributed by atoms with Crippen LogP contribution in [-0.2, 0) is 9.39 Å². The van der Waals surface area contributed by atoms with Gasteiger partial charge in [-0.15, -0.1) is 0 Å². The minimum atomic E-state index is 0.442. The molecule has 1 aliphatic carbocycles. The standard InChI is InChI=1S/C7H15BNO2/c1-10-7-4-3-6(5-7)9-8-11-2/h6-7,9H,3-5H2,1-2H3. The quantitative estimate of drug-likeness (QED) is 0.594. The third-order valence-corrected chi connectivity index (χ3v) is 2.14. The average molecular weight is 156 g/mol. The van der Waals surface area contributed by atoms with Crippen LogP contribution >= 0.6 is 0 Å². The molecule has 0 saturated heterocycles. The maximum absolute atomic E-state index is 5.23. The molecule has 1 fully saturated rings. The molecule has 0 aromatic heterocycles. The normalized spacial score (nSPS) is 30.7. The summed E-state index contributed by atoms with van der Waals surface area (Å²) in [7, 11) is 5.06. The van der Waals surface area contributed by atoms with Gasteiger partial charge in [-0.2, -0.15) is 0 Å². The number of hydrogen-bond donors (Lipinski definition) is 1. The third-order valence-electron chi connectivity index (χ3n) is 2.14. The molecule has 0 aromatic rings. The van der Waals surface area contributed by atoms with E-state index in [-0.39, 0.29) is 0 Å². The number of ether oxygens (including phenoxy) is 1. The first-order chi connectivity index (χ1) is 5.36. The van der Waals surface area contributed by atoms with E-state index in [1.807, 2.05) is 0 Å². The Morgan fingerprint density at radius 1 is 1.36 bits per heavy atom. The third kappa shape index (κ3) is 2.81. The Morgan fingerprint density at radius 2 is 2.18 bits per heavy atom. The van der Waals surface area contributed by atoms with Gasteiger partial charge in [-0.25, -0.2) is 0 Å². The van der Waals surface area contributed by atoms with Crippen molar-refractivity contribution < 1.29 is 9.39 Å². The van der Waals surface area contributed by atoms with Gasteiger partial charge in [0.05, 0.1) is 6.10 Å². The van der Waals surface area contributed by atoms with Crippen molar-refractivity contribution >= 4 is 7.62 Å². The molecule has 1 rings (SSSR count). The lowest BCUT2D eigenvalue weighted by Crippen LogP contribution is -2.31. The van der Waals surface area contributed by atoms with Gasteiger partial charge in [-0.3, -0.25) is 0 Å². The van der Waals surface area contributed by atoms with Crippen LogP contribution in [0.4, 0.5) is 0 Å². The van der Waals surface area contributed by atoms with Gasteiger partial charge < -0.3 is 14.6 Å². The minimum absolute atomic E-state index is 0.442. The van der Waals surface area contributed by atoms with Gasteiger partial charge in [-0.05, 0) is 19.3 Å². The highest BCUT2D eigenvalue weighted by Gasteiger charge is 2.23. The van der Waals surface area contributed by atoms with Gasteiger partial charge in [0.25, 0.3) is 0 Å². The molecule has 0 aliphatic heterocycles. The summed E-state index contributed by atoms with van der Waals surface area (Å²) < 4.78 is 10.0. The summed E-state index contributed by atoms with van der Waals surface area (Å²) in [5.74, 6) is 0. The molecule has 0 amide bonds. The van der Waals surface area contributed by atoms with Crippen LogP contribution in [0.25, 0.3) is 0 Å². The fourth-order valence-corrected chi connectivity index (χ4v) is 1.47. The minimum Gasteiger partial charge on any atom is -0.427 e. The van der Waals surface area contributed by atoms with Gasteiger partial charge in [0.1, 0.15) is 0 Å². The summed E-state index contributed by atoms with van der Waals surface area (Å²) in [6.45, 7) is 0. The molecule has 63 valence electrons. The van der Waals surface area contributed by atoms with Crippen molar-refractivity contribution in [1.29, 1.82) is 0 Å². The summed E-state index contributed by atoms with van der Waals surface area (Å²) in [6, 6.07) is 0.542. The predicted molar refractivity (Wildman–Crippen MR) is 44.3 cm³/mol. The van der Waals surface area contributed by atoms with Crippen molar-refractivity contribution in [2.75, 3.05) is 14.2 Å². The van der Waals surface area contributed by atoms with Crippen LogP contribution in [0.5, 0.6) is 0 Å². The lowest BCUT2D eigenvalue weighted by Gasteiger charge is -2.10. The topological polar surface area (TPSA) is 30.5 Å². The highest BCUT2D eigenvalue weighted by molar-refractivity contribution is 6.23. The van der Waals surface area contributed by atoms with Crippen molar-refractivity contribution in [3.8, 4) is 0 Å². The maximum atomic E-state index is 5.23. The van der Waals surface area contributed by atoms with Crippen LogP contribution in [0.1, 0.15) is 19.3 Å². The zero-order valence-corrected chi connectivity index (χ0v) is 7.17. The molecule has 2 atom stereocenters. The number of methoxy groups -OCH3 is 1. The summed E-state index contributed by atoms with van der Waals surface area (Å²) in [6.07, 6.45) is 3.87. The molecule has 1 aliphatic rings. The Labute approximate surface area is 68.7 Å². The first kappa shape index (κ1) is 9.04. The van der Waals surface area contributed by atoms with Gasteiger partial charge in [0.15, 0.2) is 0 Å². The van der Waals surface area contributed by atoms with Crippen molar-refractivity contribution in [2.45, 2.75) is 31.4 Å². The molecule has 1 saturated carbocycles. The second kappa shape index (κ2) is 4.75.